The molecule has 166 valence electrons. The Kier molecular flexibility index (Phi) is 6.99. The summed E-state index contributed by atoms with van der Waals surface area (Å²) < 4.78 is 49.1. The minimum Gasteiger partial charge on any atom is -0.494 e. The number of halogens is 3. The highest BCUT2D eigenvalue weighted by molar-refractivity contribution is 5.67. The smallest absolute Gasteiger partial charge is 0.167 e. The molecule has 0 aliphatic heterocycles. The van der Waals surface area contributed by atoms with Crippen LogP contribution in [0.15, 0.2) is 66.7 Å². The lowest BCUT2D eigenvalue weighted by molar-refractivity contribution is 0.336. The molecular formula is C28H27F3O. The molecule has 0 amide bonds. The largest absolute Gasteiger partial charge is 0.494 e. The molecule has 0 saturated heterocycles. The van der Waals surface area contributed by atoms with Crippen LogP contribution in [-0.4, -0.2) is 6.61 Å². The fourth-order valence-electron chi connectivity index (χ4n) is 4.49. The molecule has 1 aliphatic rings. The number of ether oxygens (including phenoxy) is 1. The van der Waals surface area contributed by atoms with Crippen molar-refractivity contribution < 1.29 is 17.9 Å². The van der Waals surface area contributed by atoms with E-state index >= 15 is 0 Å². The van der Waals surface area contributed by atoms with Gasteiger partial charge < -0.3 is 4.74 Å². The number of hydrogen-bond acceptors (Lipinski definition) is 1. The molecule has 1 aliphatic carbocycles. The van der Waals surface area contributed by atoms with Crippen molar-refractivity contribution in [1.29, 1.82) is 0 Å². The van der Waals surface area contributed by atoms with Crippen LogP contribution in [0.1, 0.15) is 49.7 Å². The fourth-order valence-corrected chi connectivity index (χ4v) is 4.49. The fraction of sp³-hybridized carbons (Fsp3) is 0.286. The second-order valence-electron chi connectivity index (χ2n) is 8.28. The molecule has 1 saturated carbocycles. The van der Waals surface area contributed by atoms with Gasteiger partial charge in [-0.2, -0.15) is 0 Å². The van der Waals surface area contributed by atoms with Gasteiger partial charge in [-0.25, -0.2) is 13.2 Å². The summed E-state index contributed by atoms with van der Waals surface area (Å²) in [5, 5.41) is 0. The first-order valence-corrected chi connectivity index (χ1v) is 11.2. The second kappa shape index (κ2) is 10.1. The van der Waals surface area contributed by atoms with Gasteiger partial charge in [-0.15, -0.1) is 0 Å². The zero-order valence-electron chi connectivity index (χ0n) is 18.2. The van der Waals surface area contributed by atoms with Crippen molar-refractivity contribution in [2.24, 2.45) is 5.92 Å². The Bertz CT molecular complexity index is 1080. The number of rotatable bonds is 6. The van der Waals surface area contributed by atoms with Crippen molar-refractivity contribution in [1.82, 2.24) is 0 Å². The van der Waals surface area contributed by atoms with Crippen LogP contribution < -0.4 is 4.74 Å². The summed E-state index contributed by atoms with van der Waals surface area (Å²) in [6, 6.07) is 17.3. The van der Waals surface area contributed by atoms with Crippen LogP contribution in [0.2, 0.25) is 0 Å². The Labute approximate surface area is 187 Å². The summed E-state index contributed by atoms with van der Waals surface area (Å²) in [5.74, 6) is -0.868. The van der Waals surface area contributed by atoms with Gasteiger partial charge in [-0.3, -0.25) is 0 Å². The first-order valence-electron chi connectivity index (χ1n) is 11.2. The molecule has 1 nitrogen and oxygen atoms in total. The van der Waals surface area contributed by atoms with Gasteiger partial charge in [0.25, 0.3) is 0 Å². The third-order valence-electron chi connectivity index (χ3n) is 6.24. The van der Waals surface area contributed by atoms with E-state index in [0.717, 1.165) is 31.2 Å². The first-order chi connectivity index (χ1) is 15.6. The Balaban J connectivity index is 1.40. The molecule has 32 heavy (non-hydrogen) atoms. The minimum atomic E-state index is -0.826. The van der Waals surface area contributed by atoms with E-state index in [1.165, 1.54) is 6.07 Å². The summed E-state index contributed by atoms with van der Waals surface area (Å²) in [4.78, 5) is 0. The number of hydrogen-bond donors (Lipinski definition) is 0. The maximum absolute atomic E-state index is 14.6. The van der Waals surface area contributed by atoms with Crippen LogP contribution in [0, 0.1) is 23.4 Å². The predicted molar refractivity (Wildman–Crippen MR) is 123 cm³/mol. The monoisotopic (exact) mass is 436 g/mol. The lowest BCUT2D eigenvalue weighted by Crippen LogP contribution is -2.13. The molecule has 1 fully saturated rings. The van der Waals surface area contributed by atoms with Gasteiger partial charge in [0.15, 0.2) is 11.6 Å². The van der Waals surface area contributed by atoms with E-state index in [1.54, 1.807) is 42.5 Å². The first kappa shape index (κ1) is 22.2. The molecule has 0 spiro atoms. The van der Waals surface area contributed by atoms with Crippen molar-refractivity contribution in [3.8, 4) is 16.9 Å². The Morgan fingerprint density at radius 1 is 0.875 bits per heavy atom. The Hall–Kier alpha value is -3.01. The molecular weight excluding hydrogens is 409 g/mol. The molecule has 0 aromatic heterocycles. The molecule has 0 radical (unpaired) electrons. The third kappa shape index (κ3) is 4.90. The SMILES string of the molecule is CCOc1ccc(C2CCC(/C=C/c3ccc(-c4ccccc4)c(F)c3F)CC2)c(F)c1. The van der Waals surface area contributed by atoms with Crippen LogP contribution >= 0.6 is 0 Å². The lowest BCUT2D eigenvalue weighted by atomic mass is 9.78. The highest BCUT2D eigenvalue weighted by Gasteiger charge is 2.23. The Morgan fingerprint density at radius 3 is 2.31 bits per heavy atom. The standard InChI is InChI=1S/C28H27F3O/c1-2-32-23-15-17-24(26(29)18-23)21-11-8-19(9-12-21)10-13-22-14-16-25(28(31)27(22)30)20-6-4-3-5-7-20/h3-7,10,13-19,21H,2,8-9,11-12H2,1H3/b13-10+. The van der Waals surface area contributed by atoms with Crippen LogP contribution in [0.3, 0.4) is 0 Å². The van der Waals surface area contributed by atoms with E-state index in [1.807, 2.05) is 31.2 Å². The molecule has 3 aromatic carbocycles. The van der Waals surface area contributed by atoms with Crippen LogP contribution in [0.25, 0.3) is 17.2 Å². The Morgan fingerprint density at radius 2 is 1.62 bits per heavy atom. The highest BCUT2D eigenvalue weighted by atomic mass is 19.2. The van der Waals surface area contributed by atoms with Gasteiger partial charge in [0.2, 0.25) is 0 Å². The van der Waals surface area contributed by atoms with E-state index in [-0.39, 0.29) is 28.8 Å². The van der Waals surface area contributed by atoms with E-state index in [2.05, 4.69) is 0 Å². The molecule has 4 heteroatoms. The van der Waals surface area contributed by atoms with E-state index in [9.17, 15) is 13.2 Å². The molecule has 3 aromatic rings. The topological polar surface area (TPSA) is 9.23 Å². The molecule has 4 rings (SSSR count). The average Bonchev–Trinajstić information content (AvgIpc) is 2.81. The quantitative estimate of drug-likeness (QED) is 0.379. The maximum Gasteiger partial charge on any atom is 0.167 e. The summed E-state index contributed by atoms with van der Waals surface area (Å²) in [6.07, 6.45) is 7.15. The second-order valence-corrected chi connectivity index (χ2v) is 8.28. The molecule has 0 atom stereocenters. The van der Waals surface area contributed by atoms with Crippen LogP contribution in [0.5, 0.6) is 5.75 Å². The zero-order chi connectivity index (χ0) is 22.5. The van der Waals surface area contributed by atoms with Gasteiger partial charge in [0, 0.05) is 17.2 Å². The van der Waals surface area contributed by atoms with E-state index < -0.39 is 11.6 Å². The summed E-state index contributed by atoms with van der Waals surface area (Å²) in [5.41, 5.74) is 1.90. The molecule has 0 unspecified atom stereocenters. The van der Waals surface area contributed by atoms with Crippen molar-refractivity contribution >= 4 is 6.08 Å². The highest BCUT2D eigenvalue weighted by Crippen LogP contribution is 2.38. The van der Waals surface area contributed by atoms with Gasteiger partial charge >= 0.3 is 0 Å². The molecule has 0 N–H and O–H groups in total. The third-order valence-corrected chi connectivity index (χ3v) is 6.24. The van der Waals surface area contributed by atoms with E-state index in [0.29, 0.717) is 17.9 Å². The van der Waals surface area contributed by atoms with Crippen LogP contribution in [0.4, 0.5) is 13.2 Å². The molecule has 0 bridgehead atoms. The molecule has 0 heterocycles. The maximum atomic E-state index is 14.6. The average molecular weight is 437 g/mol. The van der Waals surface area contributed by atoms with Crippen molar-refractivity contribution in [2.45, 2.75) is 38.5 Å². The van der Waals surface area contributed by atoms with Crippen molar-refractivity contribution in [3.05, 3.63) is 95.3 Å². The minimum absolute atomic E-state index is 0.176. The number of allylic oxidation sites excluding steroid dienone is 1. The summed E-state index contributed by atoms with van der Waals surface area (Å²) in [6.45, 7) is 2.38. The van der Waals surface area contributed by atoms with Gasteiger partial charge in [-0.05, 0) is 61.6 Å². The van der Waals surface area contributed by atoms with Gasteiger partial charge in [-0.1, -0.05) is 60.7 Å². The van der Waals surface area contributed by atoms with Crippen molar-refractivity contribution in [2.75, 3.05) is 6.61 Å². The zero-order valence-corrected chi connectivity index (χ0v) is 18.2. The van der Waals surface area contributed by atoms with Crippen LogP contribution in [-0.2, 0) is 0 Å². The summed E-state index contributed by atoms with van der Waals surface area (Å²) >= 11 is 0. The predicted octanol–water partition coefficient (Wildman–Crippen LogP) is 8.16. The van der Waals surface area contributed by atoms with Gasteiger partial charge in [0.05, 0.1) is 6.61 Å². The van der Waals surface area contributed by atoms with Gasteiger partial charge in [0.1, 0.15) is 11.6 Å². The van der Waals surface area contributed by atoms with E-state index in [4.69, 9.17) is 4.74 Å². The van der Waals surface area contributed by atoms with Crippen molar-refractivity contribution in [3.63, 3.8) is 0 Å². The normalized spacial score (nSPS) is 18.8. The summed E-state index contributed by atoms with van der Waals surface area (Å²) in [7, 11) is 0. The number of benzene rings is 3. The lowest BCUT2D eigenvalue weighted by Gasteiger charge is -2.27.